The smallest absolute Gasteiger partial charge is 0.348 e. The third kappa shape index (κ3) is 4.55. The number of nitrogens with zero attached hydrogens (tertiary/aromatic N) is 2. The summed E-state index contributed by atoms with van der Waals surface area (Å²) in [7, 11) is 1.34. The third-order valence-corrected chi connectivity index (χ3v) is 3.61. The van der Waals surface area contributed by atoms with E-state index in [-0.39, 0.29) is 11.5 Å². The fourth-order valence-electron chi connectivity index (χ4n) is 1.27. The van der Waals surface area contributed by atoms with Gasteiger partial charge in [0, 0.05) is 5.38 Å². The minimum Gasteiger partial charge on any atom is -0.465 e. The van der Waals surface area contributed by atoms with Gasteiger partial charge in [0.15, 0.2) is 6.19 Å². The van der Waals surface area contributed by atoms with E-state index >= 15 is 0 Å². The second-order valence-electron chi connectivity index (χ2n) is 4.68. The molecule has 20 heavy (non-hydrogen) atoms. The summed E-state index contributed by atoms with van der Waals surface area (Å²) in [6.07, 6.45) is 2.68. The van der Waals surface area contributed by atoms with Gasteiger partial charge in [-0.1, -0.05) is 6.92 Å². The molecule has 0 amide bonds. The van der Waals surface area contributed by atoms with Gasteiger partial charge in [-0.15, -0.1) is 11.3 Å². The zero-order chi connectivity index (χ0) is 15.2. The summed E-state index contributed by atoms with van der Waals surface area (Å²) in [5.41, 5.74) is 0.400. The molecule has 0 saturated carbocycles. The van der Waals surface area contributed by atoms with E-state index in [9.17, 15) is 4.79 Å². The Morgan fingerprint density at radius 1 is 1.60 bits per heavy atom. The molecule has 0 fully saturated rings. The number of ether oxygens (including phenoxy) is 1. The number of hydrogen-bond donors (Lipinski definition) is 2. The zero-order valence-electron chi connectivity index (χ0n) is 12.0. The quantitative estimate of drug-likeness (QED) is 0.293. The Bertz CT molecular complexity index is 543. The van der Waals surface area contributed by atoms with Crippen molar-refractivity contribution in [3.63, 3.8) is 0 Å². The molecule has 0 radical (unpaired) electrons. The Morgan fingerprint density at radius 2 is 2.30 bits per heavy atom. The number of carbonyl (C=O) groups is 1. The van der Waals surface area contributed by atoms with Crippen molar-refractivity contribution in [1.29, 1.82) is 5.26 Å². The van der Waals surface area contributed by atoms with Crippen LogP contribution in [0.3, 0.4) is 0 Å². The van der Waals surface area contributed by atoms with Gasteiger partial charge < -0.3 is 10.1 Å². The number of guanidine groups is 1. The molecule has 0 aliphatic heterocycles. The summed E-state index contributed by atoms with van der Waals surface area (Å²) in [6.45, 7) is 5.97. The lowest BCUT2D eigenvalue weighted by molar-refractivity contribution is 0.0606. The number of thiophene rings is 1. The fourth-order valence-corrected chi connectivity index (χ4v) is 2.02. The average molecular weight is 294 g/mol. The Hall–Kier alpha value is -2.07. The number of aliphatic imine (C=N–C) groups is 1. The summed E-state index contributed by atoms with van der Waals surface area (Å²) >= 11 is 1.26. The first-order valence-electron chi connectivity index (χ1n) is 6.10. The van der Waals surface area contributed by atoms with Crippen LogP contribution in [0.2, 0.25) is 0 Å². The molecule has 2 N–H and O–H groups in total. The molecule has 0 aromatic carbocycles. The lowest BCUT2D eigenvalue weighted by atomic mass is 10.0. The molecule has 0 saturated heterocycles. The third-order valence-electron chi connectivity index (χ3n) is 2.70. The predicted octanol–water partition coefficient (Wildman–Crippen LogP) is 2.56. The molecule has 108 valence electrons. The van der Waals surface area contributed by atoms with Crippen LogP contribution in [0, 0.1) is 11.5 Å². The van der Waals surface area contributed by atoms with Crippen molar-refractivity contribution < 1.29 is 9.53 Å². The highest BCUT2D eigenvalue weighted by Gasteiger charge is 2.16. The van der Waals surface area contributed by atoms with E-state index in [0.29, 0.717) is 16.5 Å². The summed E-state index contributed by atoms with van der Waals surface area (Å²) in [5, 5.41) is 16.0. The summed E-state index contributed by atoms with van der Waals surface area (Å²) < 4.78 is 4.65. The van der Waals surface area contributed by atoms with Crippen molar-refractivity contribution >= 4 is 29.0 Å². The maximum Gasteiger partial charge on any atom is 0.348 e. The molecule has 1 rings (SSSR count). The first kappa shape index (κ1) is 16.0. The number of rotatable bonds is 4. The Kier molecular flexibility index (Phi) is 5.53. The van der Waals surface area contributed by atoms with Crippen LogP contribution in [0.1, 0.15) is 36.9 Å². The molecule has 0 aliphatic carbocycles. The molecule has 6 nitrogen and oxygen atoms in total. The first-order chi connectivity index (χ1) is 9.41. The van der Waals surface area contributed by atoms with Crippen LogP contribution in [0.15, 0.2) is 16.4 Å². The van der Waals surface area contributed by atoms with Gasteiger partial charge in [-0.2, -0.15) is 5.26 Å². The van der Waals surface area contributed by atoms with Gasteiger partial charge in [0.2, 0.25) is 5.96 Å². The largest absolute Gasteiger partial charge is 0.465 e. The van der Waals surface area contributed by atoms with Crippen LogP contribution in [0.4, 0.5) is 5.69 Å². The minimum atomic E-state index is -0.385. The van der Waals surface area contributed by atoms with Crippen LogP contribution in [0.5, 0.6) is 0 Å². The van der Waals surface area contributed by atoms with Crippen molar-refractivity contribution in [2.45, 2.75) is 32.7 Å². The van der Waals surface area contributed by atoms with Gasteiger partial charge in [0.25, 0.3) is 0 Å². The molecule has 0 unspecified atom stereocenters. The molecule has 0 aliphatic rings. The van der Waals surface area contributed by atoms with Crippen molar-refractivity contribution in [2.75, 3.05) is 12.4 Å². The molecule has 1 heterocycles. The topological polar surface area (TPSA) is 86.5 Å². The van der Waals surface area contributed by atoms with E-state index in [1.165, 1.54) is 18.4 Å². The minimum absolute atomic E-state index is 0.284. The number of esters is 1. The second-order valence-corrected chi connectivity index (χ2v) is 5.59. The summed E-state index contributed by atoms with van der Waals surface area (Å²) in [6, 6.07) is 1.66. The normalized spacial score (nSPS) is 11.7. The van der Waals surface area contributed by atoms with Gasteiger partial charge in [0.05, 0.1) is 18.3 Å². The lowest BCUT2D eigenvalue weighted by Crippen LogP contribution is -2.31. The van der Waals surface area contributed by atoms with Gasteiger partial charge in [0.1, 0.15) is 4.88 Å². The molecule has 0 bridgehead atoms. The molecular weight excluding hydrogens is 276 g/mol. The van der Waals surface area contributed by atoms with Crippen LogP contribution in [0.25, 0.3) is 0 Å². The van der Waals surface area contributed by atoms with E-state index in [2.05, 4.69) is 20.4 Å². The number of nitrogens with one attached hydrogen (secondary N) is 2. The number of methoxy groups -OCH3 is 1. The van der Waals surface area contributed by atoms with Gasteiger partial charge in [-0.25, -0.2) is 9.79 Å². The molecule has 0 atom stereocenters. The average Bonchev–Trinajstić information content (AvgIpc) is 2.86. The highest BCUT2D eigenvalue weighted by molar-refractivity contribution is 7.12. The van der Waals surface area contributed by atoms with E-state index < -0.39 is 0 Å². The van der Waals surface area contributed by atoms with E-state index in [1.54, 1.807) is 11.4 Å². The van der Waals surface area contributed by atoms with Crippen LogP contribution >= 0.6 is 11.3 Å². The first-order valence-corrected chi connectivity index (χ1v) is 6.98. The Morgan fingerprint density at radius 3 is 2.85 bits per heavy atom. The fraction of sp³-hybridized carbons (Fsp3) is 0.462. The molecule has 1 aromatic heterocycles. The lowest BCUT2D eigenvalue weighted by Gasteiger charge is -2.19. The molecule has 1 aromatic rings. The van der Waals surface area contributed by atoms with Crippen LogP contribution in [-0.4, -0.2) is 24.6 Å². The Balaban J connectivity index is 2.89. The number of nitriles is 1. The summed E-state index contributed by atoms with van der Waals surface area (Å²) in [5.74, 6) is -0.0303. The van der Waals surface area contributed by atoms with Gasteiger partial charge >= 0.3 is 5.97 Å². The highest BCUT2D eigenvalue weighted by Crippen LogP contribution is 2.20. The van der Waals surface area contributed by atoms with Crippen molar-refractivity contribution in [2.24, 2.45) is 4.99 Å². The maximum absolute atomic E-state index is 11.4. The van der Waals surface area contributed by atoms with E-state index in [0.717, 1.165) is 6.42 Å². The second kappa shape index (κ2) is 6.91. The monoisotopic (exact) mass is 294 g/mol. The molecule has 0 spiro atoms. The van der Waals surface area contributed by atoms with Crippen molar-refractivity contribution in [3.8, 4) is 6.19 Å². The SMILES string of the molecule is CCC(C)(C)N=C(NC#N)Nc1csc(C(=O)OC)c1. The van der Waals surface area contributed by atoms with Crippen molar-refractivity contribution in [3.05, 3.63) is 16.3 Å². The van der Waals surface area contributed by atoms with E-state index in [4.69, 9.17) is 5.26 Å². The number of hydrogen-bond acceptors (Lipinski definition) is 5. The van der Waals surface area contributed by atoms with Crippen molar-refractivity contribution in [1.82, 2.24) is 5.32 Å². The highest BCUT2D eigenvalue weighted by atomic mass is 32.1. The van der Waals surface area contributed by atoms with E-state index in [1.807, 2.05) is 27.0 Å². The number of anilines is 1. The van der Waals surface area contributed by atoms with Gasteiger partial charge in [-0.3, -0.25) is 5.32 Å². The standard InChI is InChI=1S/C13H18N4O2S/c1-5-13(2,3)17-12(15-8-14)16-9-6-10(20-7-9)11(18)19-4/h6-7H,5H2,1-4H3,(H2,15,16,17). The molecular formula is C13H18N4O2S. The predicted molar refractivity (Wildman–Crippen MR) is 79.8 cm³/mol. The maximum atomic E-state index is 11.4. The Labute approximate surface area is 122 Å². The van der Waals surface area contributed by atoms with Crippen LogP contribution < -0.4 is 10.6 Å². The van der Waals surface area contributed by atoms with Crippen LogP contribution in [-0.2, 0) is 4.74 Å². The molecule has 7 heteroatoms. The number of carbonyl (C=O) groups excluding carboxylic acids is 1. The summed E-state index contributed by atoms with van der Waals surface area (Å²) in [4.78, 5) is 16.3. The zero-order valence-corrected chi connectivity index (χ0v) is 12.8. The van der Waals surface area contributed by atoms with Gasteiger partial charge in [-0.05, 0) is 26.3 Å².